The van der Waals surface area contributed by atoms with E-state index in [1.165, 1.54) is 37.0 Å². The molecule has 1 aromatic heterocycles. The number of nitrogens with zero attached hydrogens (tertiary/aromatic N) is 1. The van der Waals surface area contributed by atoms with Crippen molar-refractivity contribution in [3.05, 3.63) is 72.9 Å². The van der Waals surface area contributed by atoms with Crippen LogP contribution in [0.4, 0.5) is 5.69 Å². The Kier molecular flexibility index (Phi) is 5.26. The third-order valence-corrected chi connectivity index (χ3v) is 6.27. The fourth-order valence-electron chi connectivity index (χ4n) is 3.52. The van der Waals surface area contributed by atoms with Crippen molar-refractivity contribution in [3.8, 4) is 0 Å². The van der Waals surface area contributed by atoms with Gasteiger partial charge in [-0.25, -0.2) is 0 Å². The van der Waals surface area contributed by atoms with E-state index in [4.69, 9.17) is 0 Å². The molecule has 1 aliphatic rings. The highest BCUT2D eigenvalue weighted by Crippen LogP contribution is 2.34. The zero-order valence-electron chi connectivity index (χ0n) is 14.9. The Labute approximate surface area is 159 Å². The van der Waals surface area contributed by atoms with Crippen LogP contribution < -0.4 is 5.32 Å². The van der Waals surface area contributed by atoms with E-state index in [0.717, 1.165) is 33.1 Å². The molecule has 26 heavy (non-hydrogen) atoms. The highest BCUT2D eigenvalue weighted by Gasteiger charge is 2.14. The number of hydrogen-bond acceptors (Lipinski definition) is 3. The predicted molar refractivity (Wildman–Crippen MR) is 114 cm³/mol. The average molecular weight is 361 g/mol. The van der Waals surface area contributed by atoms with Gasteiger partial charge >= 0.3 is 0 Å². The van der Waals surface area contributed by atoms with Crippen molar-refractivity contribution in [3.63, 3.8) is 0 Å². The van der Waals surface area contributed by atoms with Gasteiger partial charge in [-0.15, -0.1) is 11.8 Å². The molecule has 0 saturated heterocycles. The third kappa shape index (κ3) is 4.10. The Morgan fingerprint density at radius 1 is 1.00 bits per heavy atom. The van der Waals surface area contributed by atoms with Crippen LogP contribution in [0.1, 0.15) is 37.7 Å². The molecule has 1 heterocycles. The quantitative estimate of drug-likeness (QED) is 0.545. The summed E-state index contributed by atoms with van der Waals surface area (Å²) in [5, 5.41) is 5.39. The molecule has 1 N–H and O–H groups in total. The van der Waals surface area contributed by atoms with Crippen molar-refractivity contribution >= 4 is 34.0 Å². The van der Waals surface area contributed by atoms with Crippen molar-refractivity contribution in [2.75, 3.05) is 5.32 Å². The Morgan fingerprint density at radius 3 is 2.77 bits per heavy atom. The van der Waals surface area contributed by atoms with Crippen LogP contribution in [0, 0.1) is 0 Å². The molecular weight excluding hydrogens is 336 g/mol. The molecule has 1 saturated carbocycles. The number of aromatic nitrogens is 1. The summed E-state index contributed by atoms with van der Waals surface area (Å²) in [5.74, 6) is 0. The number of hydrogen-bond donors (Lipinski definition) is 1. The summed E-state index contributed by atoms with van der Waals surface area (Å²) < 4.78 is 0. The van der Waals surface area contributed by atoms with Gasteiger partial charge in [-0.05, 0) is 48.7 Å². The van der Waals surface area contributed by atoms with E-state index in [9.17, 15) is 0 Å². The summed E-state index contributed by atoms with van der Waals surface area (Å²) >= 11 is 2.02. The van der Waals surface area contributed by atoms with E-state index in [1.807, 2.05) is 24.0 Å². The van der Waals surface area contributed by atoms with Crippen LogP contribution in [0.25, 0.3) is 16.6 Å². The van der Waals surface area contributed by atoms with Gasteiger partial charge in [-0.3, -0.25) is 4.98 Å². The number of thioether (sulfide) groups is 1. The zero-order chi connectivity index (χ0) is 17.8. The maximum absolute atomic E-state index is 4.44. The summed E-state index contributed by atoms with van der Waals surface area (Å²) in [6, 6.07) is 19.0. The van der Waals surface area contributed by atoms with Gasteiger partial charge in [-0.2, -0.15) is 0 Å². The molecule has 2 aromatic carbocycles. The average Bonchev–Trinajstić information content (AvgIpc) is 2.68. The molecule has 4 rings (SSSR count). The van der Waals surface area contributed by atoms with Crippen molar-refractivity contribution in [1.29, 1.82) is 0 Å². The summed E-state index contributed by atoms with van der Waals surface area (Å²) in [7, 11) is 0. The topological polar surface area (TPSA) is 24.9 Å². The molecule has 0 atom stereocenters. The zero-order valence-corrected chi connectivity index (χ0v) is 15.8. The van der Waals surface area contributed by atoms with Gasteiger partial charge in [0.15, 0.2) is 0 Å². The second-order valence-corrected chi connectivity index (χ2v) is 8.29. The third-order valence-electron chi connectivity index (χ3n) is 4.94. The smallest absolute Gasteiger partial charge is 0.0708 e. The van der Waals surface area contributed by atoms with E-state index in [1.54, 1.807) is 0 Å². The van der Waals surface area contributed by atoms with Crippen LogP contribution in [0.5, 0.6) is 0 Å². The number of pyridine rings is 1. The molecule has 0 radical (unpaired) electrons. The van der Waals surface area contributed by atoms with E-state index in [-0.39, 0.29) is 0 Å². The Balaban J connectivity index is 1.47. The number of fused-ring (bicyclic) bond motifs is 1. The second-order valence-electron chi connectivity index (χ2n) is 6.92. The predicted octanol–water partition coefficient (Wildman–Crippen LogP) is 6.74. The molecule has 2 nitrogen and oxygen atoms in total. The number of anilines is 1. The highest BCUT2D eigenvalue weighted by atomic mass is 32.2. The minimum absolute atomic E-state index is 0.772. The lowest BCUT2D eigenvalue weighted by atomic mass is 10.0. The lowest BCUT2D eigenvalue weighted by molar-refractivity contribution is 0.516. The molecule has 0 bridgehead atoms. The minimum Gasteiger partial charge on any atom is -0.355 e. The normalized spacial score (nSPS) is 15.1. The highest BCUT2D eigenvalue weighted by molar-refractivity contribution is 8.00. The molecule has 0 spiro atoms. The molecule has 3 aromatic rings. The van der Waals surface area contributed by atoms with Crippen LogP contribution in [-0.4, -0.2) is 10.2 Å². The number of rotatable bonds is 5. The Hall–Kier alpha value is -2.26. The fraction of sp³-hybridized carbons (Fsp3) is 0.261. The van der Waals surface area contributed by atoms with E-state index >= 15 is 0 Å². The molecule has 3 heteroatoms. The number of benzene rings is 2. The van der Waals surface area contributed by atoms with Crippen molar-refractivity contribution in [1.82, 2.24) is 4.98 Å². The molecule has 0 unspecified atom stereocenters. The molecule has 0 aliphatic heterocycles. The van der Waals surface area contributed by atoms with Gasteiger partial charge in [-0.1, -0.05) is 50.1 Å². The summed E-state index contributed by atoms with van der Waals surface area (Å²) in [6.45, 7) is 4.23. The van der Waals surface area contributed by atoms with Crippen LogP contribution in [0.2, 0.25) is 0 Å². The maximum Gasteiger partial charge on any atom is 0.0708 e. The lowest BCUT2D eigenvalue weighted by Gasteiger charge is -2.21. The first kappa shape index (κ1) is 17.2. The van der Waals surface area contributed by atoms with Gasteiger partial charge in [0.25, 0.3) is 0 Å². The molecule has 132 valence electrons. The van der Waals surface area contributed by atoms with Crippen molar-refractivity contribution in [2.24, 2.45) is 0 Å². The fourth-order valence-corrected chi connectivity index (χ4v) is 4.83. The van der Waals surface area contributed by atoms with Crippen molar-refractivity contribution in [2.45, 2.75) is 42.2 Å². The number of nitrogens with one attached hydrogen (secondary N) is 1. The Morgan fingerprint density at radius 2 is 1.88 bits per heavy atom. The summed E-state index contributed by atoms with van der Waals surface area (Å²) in [5.41, 5.74) is 4.06. The van der Waals surface area contributed by atoms with Gasteiger partial charge in [0.2, 0.25) is 0 Å². The van der Waals surface area contributed by atoms with Crippen LogP contribution >= 0.6 is 11.8 Å². The molecule has 1 fully saturated rings. The first-order valence-electron chi connectivity index (χ1n) is 9.36. The molecule has 1 aliphatic carbocycles. The SMILES string of the molecule is C=C(Nc1cccc(SC2CCCCC2)c1)c1ccc2cccnc2c1. The van der Waals surface area contributed by atoms with E-state index < -0.39 is 0 Å². The van der Waals surface area contributed by atoms with Crippen LogP contribution in [0.15, 0.2) is 72.3 Å². The van der Waals surface area contributed by atoms with E-state index in [2.05, 4.69) is 65.4 Å². The first-order valence-corrected chi connectivity index (χ1v) is 10.2. The monoisotopic (exact) mass is 360 g/mol. The Bertz CT molecular complexity index is 913. The summed E-state index contributed by atoms with van der Waals surface area (Å²) in [6.07, 6.45) is 8.68. The van der Waals surface area contributed by atoms with Gasteiger partial charge in [0.1, 0.15) is 0 Å². The van der Waals surface area contributed by atoms with Gasteiger partial charge in [0.05, 0.1) is 5.52 Å². The molecular formula is C23H24N2S. The van der Waals surface area contributed by atoms with Crippen LogP contribution in [0.3, 0.4) is 0 Å². The molecule has 0 amide bonds. The van der Waals surface area contributed by atoms with Crippen LogP contribution in [-0.2, 0) is 0 Å². The largest absolute Gasteiger partial charge is 0.355 e. The lowest BCUT2D eigenvalue weighted by Crippen LogP contribution is -2.07. The standard InChI is InChI=1S/C23H24N2S/c1-17(19-13-12-18-7-6-14-24-23(18)15-19)25-20-8-5-11-22(16-20)26-21-9-3-2-4-10-21/h5-8,11-16,21,25H,1-4,9-10H2. The maximum atomic E-state index is 4.44. The minimum atomic E-state index is 0.772. The second kappa shape index (κ2) is 7.96. The summed E-state index contributed by atoms with van der Waals surface area (Å²) in [4.78, 5) is 5.78. The van der Waals surface area contributed by atoms with Gasteiger partial charge in [0, 0.05) is 33.1 Å². The first-order chi connectivity index (χ1) is 12.8. The van der Waals surface area contributed by atoms with E-state index in [0.29, 0.717) is 0 Å². The van der Waals surface area contributed by atoms with Crippen molar-refractivity contribution < 1.29 is 0 Å². The van der Waals surface area contributed by atoms with Gasteiger partial charge < -0.3 is 5.32 Å².